The molecule has 4 rings (SSSR count). The van der Waals surface area contributed by atoms with E-state index in [1.807, 2.05) is 75.4 Å². The smallest absolute Gasteiger partial charge is 0.255 e. The molecule has 34 heavy (non-hydrogen) atoms. The van der Waals surface area contributed by atoms with Crippen molar-refractivity contribution in [1.29, 1.82) is 0 Å². The molecule has 0 unspecified atom stereocenters. The summed E-state index contributed by atoms with van der Waals surface area (Å²) in [4.78, 5) is 13.2. The predicted octanol–water partition coefficient (Wildman–Crippen LogP) is 5.36. The number of hydrogen-bond donors (Lipinski definition) is 1. The Morgan fingerprint density at radius 2 is 1.74 bits per heavy atom. The minimum absolute atomic E-state index is 0.229. The second kappa shape index (κ2) is 10.3. The highest BCUT2D eigenvalue weighted by Crippen LogP contribution is 2.29. The van der Waals surface area contributed by atoms with Gasteiger partial charge < -0.3 is 24.1 Å². The molecule has 0 aliphatic heterocycles. The zero-order valence-corrected chi connectivity index (χ0v) is 19.8. The second-order valence-corrected chi connectivity index (χ2v) is 7.89. The van der Waals surface area contributed by atoms with E-state index in [-0.39, 0.29) is 12.5 Å². The average Bonchev–Trinajstić information content (AvgIpc) is 3.18. The number of hydrogen-bond acceptors (Lipinski definition) is 6. The van der Waals surface area contributed by atoms with Gasteiger partial charge in [0.2, 0.25) is 0 Å². The van der Waals surface area contributed by atoms with Gasteiger partial charge in [-0.15, -0.1) is 0 Å². The number of nitrogens with zero attached hydrogens (tertiary/aromatic N) is 1. The van der Waals surface area contributed by atoms with Gasteiger partial charge in [0.1, 0.15) is 18.1 Å². The Bertz CT molecular complexity index is 1290. The molecule has 0 bridgehead atoms. The van der Waals surface area contributed by atoms with E-state index in [0.717, 1.165) is 27.6 Å². The van der Waals surface area contributed by atoms with Crippen LogP contribution in [-0.4, -0.2) is 24.8 Å². The lowest BCUT2D eigenvalue weighted by molar-refractivity contribution is 0.0946. The van der Waals surface area contributed by atoms with Gasteiger partial charge >= 0.3 is 0 Å². The molecule has 0 radical (unpaired) electrons. The van der Waals surface area contributed by atoms with Gasteiger partial charge in [-0.1, -0.05) is 35.5 Å². The summed E-state index contributed by atoms with van der Waals surface area (Å²) in [6, 6.07) is 17.2. The molecule has 4 aromatic rings. The van der Waals surface area contributed by atoms with Crippen molar-refractivity contribution in [2.75, 3.05) is 13.7 Å². The molecule has 0 saturated heterocycles. The number of fused-ring (bicyclic) bond motifs is 1. The number of methoxy groups -OCH3 is 1. The highest BCUT2D eigenvalue weighted by atomic mass is 16.5. The third-order valence-corrected chi connectivity index (χ3v) is 5.63. The van der Waals surface area contributed by atoms with E-state index in [2.05, 4.69) is 10.5 Å². The fraction of sp³-hybridized carbons (Fsp3) is 0.259. The molecule has 7 nitrogen and oxygen atoms in total. The lowest BCUT2D eigenvalue weighted by Crippen LogP contribution is -2.23. The van der Waals surface area contributed by atoms with Crippen molar-refractivity contribution in [3.8, 4) is 17.2 Å². The molecule has 7 heteroatoms. The number of rotatable bonds is 9. The summed E-state index contributed by atoms with van der Waals surface area (Å²) in [5, 5.41) is 8.92. The average molecular weight is 461 g/mol. The molecule has 3 aromatic carbocycles. The van der Waals surface area contributed by atoms with Crippen molar-refractivity contribution in [2.24, 2.45) is 0 Å². The predicted molar refractivity (Wildman–Crippen MR) is 130 cm³/mol. The van der Waals surface area contributed by atoms with Crippen LogP contribution in [0.4, 0.5) is 0 Å². The van der Waals surface area contributed by atoms with Crippen LogP contribution in [0, 0.1) is 13.8 Å². The Kier molecular flexibility index (Phi) is 7.01. The summed E-state index contributed by atoms with van der Waals surface area (Å²) in [6.07, 6.45) is 0. The minimum atomic E-state index is -0.229. The van der Waals surface area contributed by atoms with E-state index in [1.165, 1.54) is 0 Å². The van der Waals surface area contributed by atoms with Crippen molar-refractivity contribution >= 4 is 16.7 Å². The first-order chi connectivity index (χ1) is 16.5. The molecular weight excluding hydrogens is 432 g/mol. The van der Waals surface area contributed by atoms with Gasteiger partial charge in [0.15, 0.2) is 11.5 Å². The van der Waals surface area contributed by atoms with Crippen LogP contribution < -0.4 is 19.5 Å². The number of aryl methyl sites for hydroxylation is 2. The zero-order valence-electron chi connectivity index (χ0n) is 19.8. The molecule has 1 heterocycles. The Labute approximate surface area is 198 Å². The summed E-state index contributed by atoms with van der Waals surface area (Å²) >= 11 is 0. The molecule has 176 valence electrons. The van der Waals surface area contributed by atoms with Crippen molar-refractivity contribution in [3.63, 3.8) is 0 Å². The van der Waals surface area contributed by atoms with Crippen LogP contribution in [-0.2, 0) is 13.2 Å². The summed E-state index contributed by atoms with van der Waals surface area (Å²) in [7, 11) is 1.60. The van der Waals surface area contributed by atoms with Crippen molar-refractivity contribution in [2.45, 2.75) is 33.9 Å². The fourth-order valence-electron chi connectivity index (χ4n) is 3.75. The largest absolute Gasteiger partial charge is 0.493 e. The summed E-state index contributed by atoms with van der Waals surface area (Å²) in [5.74, 6) is 2.27. The van der Waals surface area contributed by atoms with Gasteiger partial charge in [-0.2, -0.15) is 0 Å². The van der Waals surface area contributed by atoms with Crippen LogP contribution in [0.5, 0.6) is 17.2 Å². The Morgan fingerprint density at radius 3 is 2.41 bits per heavy atom. The Morgan fingerprint density at radius 1 is 0.971 bits per heavy atom. The molecule has 0 saturated carbocycles. The number of carbonyl (C=O) groups excluding carboxylic acids is 1. The number of aromatic nitrogens is 1. The molecule has 0 fully saturated rings. The lowest BCUT2D eigenvalue weighted by atomic mass is 10.0. The van der Waals surface area contributed by atoms with Crippen LogP contribution in [0.15, 0.2) is 59.1 Å². The summed E-state index contributed by atoms with van der Waals surface area (Å²) in [5.41, 5.74) is 3.01. The molecule has 0 spiro atoms. The van der Waals surface area contributed by atoms with Crippen molar-refractivity contribution in [1.82, 2.24) is 10.5 Å². The fourth-order valence-corrected chi connectivity index (χ4v) is 3.75. The van der Waals surface area contributed by atoms with Crippen LogP contribution >= 0.6 is 0 Å². The maximum atomic E-state index is 13.2. The van der Waals surface area contributed by atoms with Crippen LogP contribution in [0.25, 0.3) is 10.8 Å². The van der Waals surface area contributed by atoms with Crippen molar-refractivity contribution in [3.05, 3.63) is 82.7 Å². The normalized spacial score (nSPS) is 10.8. The van der Waals surface area contributed by atoms with Gasteiger partial charge in [0.25, 0.3) is 5.91 Å². The topological polar surface area (TPSA) is 82.8 Å². The van der Waals surface area contributed by atoms with E-state index in [9.17, 15) is 4.79 Å². The third kappa shape index (κ3) is 4.98. The maximum Gasteiger partial charge on any atom is 0.255 e. The highest BCUT2D eigenvalue weighted by Gasteiger charge is 2.17. The first-order valence-electron chi connectivity index (χ1n) is 11.2. The number of carbonyl (C=O) groups is 1. The van der Waals surface area contributed by atoms with E-state index in [0.29, 0.717) is 41.7 Å². The van der Waals surface area contributed by atoms with Crippen molar-refractivity contribution < 1.29 is 23.5 Å². The van der Waals surface area contributed by atoms with Gasteiger partial charge in [0.05, 0.1) is 30.5 Å². The number of benzene rings is 3. The van der Waals surface area contributed by atoms with Crippen LogP contribution in [0.2, 0.25) is 0 Å². The monoisotopic (exact) mass is 460 g/mol. The van der Waals surface area contributed by atoms with Crippen LogP contribution in [0.1, 0.15) is 39.9 Å². The van der Waals surface area contributed by atoms with E-state index < -0.39 is 0 Å². The molecule has 0 aliphatic carbocycles. The first kappa shape index (κ1) is 23.2. The molecular formula is C27H28N2O5. The Balaban J connectivity index is 1.57. The van der Waals surface area contributed by atoms with Crippen LogP contribution in [0.3, 0.4) is 0 Å². The molecule has 0 aliphatic rings. The second-order valence-electron chi connectivity index (χ2n) is 7.89. The van der Waals surface area contributed by atoms with Gasteiger partial charge in [-0.05, 0) is 61.4 Å². The SMILES string of the molecule is CCOc1ccc(CNC(=O)c2cc3ccccc3cc2OCc2c(C)noc2C)cc1OC. The lowest BCUT2D eigenvalue weighted by Gasteiger charge is -2.14. The van der Waals surface area contributed by atoms with E-state index >= 15 is 0 Å². The van der Waals surface area contributed by atoms with E-state index in [4.69, 9.17) is 18.7 Å². The van der Waals surface area contributed by atoms with Gasteiger partial charge in [-0.25, -0.2) is 0 Å². The summed E-state index contributed by atoms with van der Waals surface area (Å²) in [6.45, 7) is 6.77. The molecule has 1 N–H and O–H groups in total. The molecule has 0 atom stereocenters. The van der Waals surface area contributed by atoms with Gasteiger partial charge in [0, 0.05) is 6.54 Å². The molecule has 1 amide bonds. The molecule has 1 aromatic heterocycles. The number of nitrogens with one attached hydrogen (secondary N) is 1. The highest BCUT2D eigenvalue weighted by molar-refractivity contribution is 6.01. The van der Waals surface area contributed by atoms with Gasteiger partial charge in [-0.3, -0.25) is 4.79 Å². The maximum absolute atomic E-state index is 13.2. The number of amides is 1. The summed E-state index contributed by atoms with van der Waals surface area (Å²) < 4.78 is 22.3. The quantitative estimate of drug-likeness (QED) is 0.362. The Hall–Kier alpha value is -4.00. The zero-order chi connectivity index (χ0) is 24.1. The minimum Gasteiger partial charge on any atom is -0.493 e. The van der Waals surface area contributed by atoms with E-state index in [1.54, 1.807) is 7.11 Å². The number of ether oxygens (including phenoxy) is 3. The standard InChI is InChI=1S/C27H28N2O5/c1-5-32-24-11-10-19(12-26(24)31-4)15-28-27(30)22-13-20-8-6-7-9-21(20)14-25(22)33-16-23-17(2)29-34-18(23)3/h6-14H,5,15-16H2,1-4H3,(H,28,30). The first-order valence-corrected chi connectivity index (χ1v) is 11.2. The third-order valence-electron chi connectivity index (χ3n) is 5.63.